The van der Waals surface area contributed by atoms with E-state index < -0.39 is 0 Å². The predicted octanol–water partition coefficient (Wildman–Crippen LogP) is 2.85. The highest BCUT2D eigenvalue weighted by Crippen LogP contribution is 2.39. The summed E-state index contributed by atoms with van der Waals surface area (Å²) in [5.41, 5.74) is 3.94. The summed E-state index contributed by atoms with van der Waals surface area (Å²) >= 11 is 0. The Morgan fingerprint density at radius 3 is 2.56 bits per heavy atom. The second-order valence-electron chi connectivity index (χ2n) is 9.16. The van der Waals surface area contributed by atoms with Crippen LogP contribution < -0.4 is 15.1 Å². The van der Waals surface area contributed by atoms with E-state index >= 15 is 0 Å². The molecular weight excluding hydrogens is 402 g/mol. The molecule has 0 aliphatic carbocycles. The smallest absolute Gasteiger partial charge is 0.175 e. The molecule has 8 heteroatoms. The van der Waals surface area contributed by atoms with Gasteiger partial charge < -0.3 is 20.2 Å². The maximum atomic E-state index is 10.8. The van der Waals surface area contributed by atoms with Crippen LogP contribution in [-0.4, -0.2) is 63.8 Å². The number of piperidine rings is 1. The highest BCUT2D eigenvalue weighted by molar-refractivity contribution is 5.78. The lowest BCUT2D eigenvalue weighted by molar-refractivity contribution is 0.344. The molecule has 0 amide bonds. The summed E-state index contributed by atoms with van der Waals surface area (Å²) in [6.07, 6.45) is 6.56. The van der Waals surface area contributed by atoms with Crippen LogP contribution in [0.4, 0.5) is 11.5 Å². The van der Waals surface area contributed by atoms with Gasteiger partial charge in [0.2, 0.25) is 0 Å². The van der Waals surface area contributed by atoms with Crippen molar-refractivity contribution in [3.05, 3.63) is 42.6 Å². The van der Waals surface area contributed by atoms with Gasteiger partial charge >= 0.3 is 0 Å². The van der Waals surface area contributed by atoms with E-state index in [1.54, 1.807) is 12.3 Å². The molecule has 3 aliphatic heterocycles. The van der Waals surface area contributed by atoms with Crippen LogP contribution in [0.15, 0.2) is 42.6 Å². The first-order chi connectivity index (χ1) is 15.7. The highest BCUT2D eigenvalue weighted by atomic mass is 16.3. The van der Waals surface area contributed by atoms with Crippen molar-refractivity contribution >= 4 is 11.5 Å². The zero-order valence-electron chi connectivity index (χ0n) is 18.1. The molecule has 0 radical (unpaired) electrons. The average molecular weight is 430 g/mol. The van der Waals surface area contributed by atoms with Crippen molar-refractivity contribution in [3.63, 3.8) is 0 Å². The van der Waals surface area contributed by atoms with E-state index in [1.807, 2.05) is 24.3 Å². The van der Waals surface area contributed by atoms with Crippen LogP contribution in [0.5, 0.6) is 5.75 Å². The van der Waals surface area contributed by atoms with Crippen molar-refractivity contribution in [2.45, 2.75) is 43.8 Å². The Balaban J connectivity index is 1.32. The molecule has 0 saturated carbocycles. The minimum absolute atomic E-state index is 0.160. The summed E-state index contributed by atoms with van der Waals surface area (Å²) in [6.45, 7) is 1.93. The number of likely N-dealkylation sites (N-methyl/N-ethyl adjacent to an activating group) is 1. The van der Waals surface area contributed by atoms with Crippen LogP contribution in [0.3, 0.4) is 0 Å². The van der Waals surface area contributed by atoms with Gasteiger partial charge in [-0.15, -0.1) is 10.2 Å². The molecule has 5 heterocycles. The Kier molecular flexibility index (Phi) is 4.68. The number of phenols is 1. The van der Waals surface area contributed by atoms with Gasteiger partial charge in [0.1, 0.15) is 5.75 Å². The first-order valence-corrected chi connectivity index (χ1v) is 11.4. The third-order valence-corrected chi connectivity index (χ3v) is 7.15. The number of aromatic hydroxyl groups is 1. The van der Waals surface area contributed by atoms with Gasteiger partial charge in [-0.1, -0.05) is 6.07 Å². The molecular formula is C24H27N7O. The monoisotopic (exact) mass is 429 g/mol. The summed E-state index contributed by atoms with van der Waals surface area (Å²) in [4.78, 5) is 4.71. The second-order valence-corrected chi connectivity index (χ2v) is 9.16. The largest absolute Gasteiger partial charge is 0.507 e. The van der Waals surface area contributed by atoms with Gasteiger partial charge in [-0.3, -0.25) is 0 Å². The van der Waals surface area contributed by atoms with E-state index in [0.29, 0.717) is 29.4 Å². The molecule has 2 bridgehead atoms. The SMILES string of the molecule is CN1CCN([C@@H]2C[C@H]3CC[C@@H](C2)N3)c2nnc(-c3ccc(-c4cccnn4)cc3O)cc21. The number of nitrogens with one attached hydrogen (secondary N) is 1. The lowest BCUT2D eigenvalue weighted by Gasteiger charge is -2.43. The average Bonchev–Trinajstić information content (AvgIpc) is 3.17. The first kappa shape index (κ1) is 19.4. The number of rotatable bonds is 3. The van der Waals surface area contributed by atoms with E-state index in [2.05, 4.69) is 48.6 Å². The Bertz CT molecular complexity index is 1130. The van der Waals surface area contributed by atoms with Gasteiger partial charge in [-0.25, -0.2) is 0 Å². The van der Waals surface area contributed by atoms with Crippen molar-refractivity contribution in [2.75, 3.05) is 29.9 Å². The Hall–Kier alpha value is -3.26. The number of hydrogen-bond acceptors (Lipinski definition) is 8. The van der Waals surface area contributed by atoms with Crippen LogP contribution in [0.2, 0.25) is 0 Å². The fourth-order valence-electron chi connectivity index (χ4n) is 5.48. The minimum Gasteiger partial charge on any atom is -0.507 e. The third-order valence-electron chi connectivity index (χ3n) is 7.15. The topological polar surface area (TPSA) is 90.3 Å². The summed E-state index contributed by atoms with van der Waals surface area (Å²) in [7, 11) is 2.10. The molecule has 2 N–H and O–H groups in total. The van der Waals surface area contributed by atoms with Gasteiger partial charge in [0.25, 0.3) is 0 Å². The molecule has 2 fully saturated rings. The summed E-state index contributed by atoms with van der Waals surface area (Å²) in [6, 6.07) is 13.1. The van der Waals surface area contributed by atoms with E-state index in [-0.39, 0.29) is 5.75 Å². The van der Waals surface area contributed by atoms with E-state index in [1.165, 1.54) is 25.7 Å². The lowest BCUT2D eigenvalue weighted by Crippen LogP contribution is -2.52. The molecule has 164 valence electrons. The van der Waals surface area contributed by atoms with Gasteiger partial charge in [-0.05, 0) is 56.0 Å². The lowest BCUT2D eigenvalue weighted by atomic mass is 9.97. The summed E-state index contributed by atoms with van der Waals surface area (Å²) < 4.78 is 0. The molecule has 3 aliphatic rings. The molecule has 3 atom stereocenters. The van der Waals surface area contributed by atoms with Gasteiger partial charge in [0, 0.05) is 55.6 Å². The minimum atomic E-state index is 0.160. The molecule has 2 saturated heterocycles. The van der Waals surface area contributed by atoms with Gasteiger partial charge in [0.15, 0.2) is 5.82 Å². The maximum Gasteiger partial charge on any atom is 0.175 e. The number of hydrogen-bond donors (Lipinski definition) is 2. The van der Waals surface area contributed by atoms with Gasteiger partial charge in [0.05, 0.1) is 17.1 Å². The molecule has 2 aromatic heterocycles. The summed E-state index contributed by atoms with van der Waals surface area (Å²) in [5.74, 6) is 1.12. The zero-order valence-corrected chi connectivity index (χ0v) is 18.1. The Morgan fingerprint density at radius 1 is 0.969 bits per heavy atom. The fraction of sp³-hybridized carbons (Fsp3) is 0.417. The molecule has 8 nitrogen and oxygen atoms in total. The van der Waals surface area contributed by atoms with Crippen LogP contribution >= 0.6 is 0 Å². The van der Waals surface area contributed by atoms with Crippen LogP contribution in [0.25, 0.3) is 22.5 Å². The van der Waals surface area contributed by atoms with Crippen molar-refractivity contribution in [1.82, 2.24) is 25.7 Å². The maximum absolute atomic E-state index is 10.8. The number of aromatic nitrogens is 4. The van der Waals surface area contributed by atoms with Crippen LogP contribution in [-0.2, 0) is 0 Å². The van der Waals surface area contributed by atoms with Gasteiger partial charge in [-0.2, -0.15) is 10.2 Å². The number of benzene rings is 1. The molecule has 1 aromatic carbocycles. The van der Waals surface area contributed by atoms with Crippen molar-refractivity contribution < 1.29 is 5.11 Å². The number of phenolic OH excluding ortho intramolecular Hbond substituents is 1. The third kappa shape index (κ3) is 3.35. The molecule has 32 heavy (non-hydrogen) atoms. The predicted molar refractivity (Wildman–Crippen MR) is 124 cm³/mol. The molecule has 0 spiro atoms. The standard InChI is InChI=1S/C24H27N7O/c1-30-9-10-31(18-12-16-5-6-17(13-18)26-16)24-22(30)14-21(28-29-24)19-7-4-15(11-23(19)32)20-3-2-8-25-27-20/h2-4,7-8,11,14,16-18,26,32H,5-6,9-10,12-13H2,1H3/t16-,17+,18-. The van der Waals surface area contributed by atoms with Crippen molar-refractivity contribution in [3.8, 4) is 28.3 Å². The normalized spacial score (nSPS) is 24.5. The molecule has 6 rings (SSSR count). The highest BCUT2D eigenvalue weighted by Gasteiger charge is 2.38. The number of nitrogens with zero attached hydrogens (tertiary/aromatic N) is 6. The Labute approximate surface area is 187 Å². The van der Waals surface area contributed by atoms with E-state index in [9.17, 15) is 5.11 Å². The van der Waals surface area contributed by atoms with Crippen molar-refractivity contribution in [2.24, 2.45) is 0 Å². The van der Waals surface area contributed by atoms with E-state index in [0.717, 1.165) is 35.9 Å². The Morgan fingerprint density at radius 2 is 1.81 bits per heavy atom. The first-order valence-electron chi connectivity index (χ1n) is 11.4. The number of fused-ring (bicyclic) bond motifs is 3. The van der Waals surface area contributed by atoms with Crippen LogP contribution in [0.1, 0.15) is 25.7 Å². The van der Waals surface area contributed by atoms with Crippen molar-refractivity contribution in [1.29, 1.82) is 0 Å². The fourth-order valence-corrected chi connectivity index (χ4v) is 5.48. The summed E-state index contributed by atoms with van der Waals surface area (Å²) in [5, 5.41) is 31.7. The molecule has 3 aromatic rings. The zero-order chi connectivity index (χ0) is 21.7. The van der Waals surface area contributed by atoms with Crippen LogP contribution in [0, 0.1) is 0 Å². The molecule has 0 unspecified atom stereocenters. The quantitative estimate of drug-likeness (QED) is 0.657. The number of anilines is 2. The van der Waals surface area contributed by atoms with E-state index in [4.69, 9.17) is 0 Å². The second kappa shape index (κ2) is 7.70.